The third kappa shape index (κ3) is 2.94. The highest BCUT2D eigenvalue weighted by Gasteiger charge is 2.05. The van der Waals surface area contributed by atoms with Crippen molar-refractivity contribution in [2.24, 2.45) is 5.92 Å². The molecule has 0 amide bonds. The van der Waals surface area contributed by atoms with Gasteiger partial charge in [0.2, 0.25) is 0 Å². The van der Waals surface area contributed by atoms with Crippen LogP contribution in [-0.2, 0) is 6.54 Å². The van der Waals surface area contributed by atoms with Gasteiger partial charge in [-0.15, -0.1) is 11.6 Å². The SMILES string of the molecule is CC(CCCl)CCn1ccc2ccccc2c1=O. The smallest absolute Gasteiger partial charge is 0.258 e. The molecule has 0 saturated carbocycles. The van der Waals surface area contributed by atoms with Gasteiger partial charge in [-0.05, 0) is 36.3 Å². The Morgan fingerprint density at radius 1 is 1.22 bits per heavy atom. The molecule has 0 radical (unpaired) electrons. The molecule has 0 saturated heterocycles. The Kier molecular flexibility index (Phi) is 4.43. The molecule has 0 bridgehead atoms. The van der Waals surface area contributed by atoms with E-state index in [1.807, 2.05) is 36.5 Å². The first kappa shape index (κ1) is 13.2. The van der Waals surface area contributed by atoms with E-state index in [1.165, 1.54) is 0 Å². The van der Waals surface area contributed by atoms with Gasteiger partial charge in [0.25, 0.3) is 5.56 Å². The summed E-state index contributed by atoms with van der Waals surface area (Å²) < 4.78 is 1.80. The van der Waals surface area contributed by atoms with Crippen LogP contribution in [0.25, 0.3) is 10.8 Å². The Balaban J connectivity index is 2.19. The van der Waals surface area contributed by atoms with Crippen LogP contribution >= 0.6 is 11.6 Å². The summed E-state index contributed by atoms with van der Waals surface area (Å²) in [6, 6.07) is 9.72. The third-order valence-electron chi connectivity index (χ3n) is 3.35. The molecule has 2 nitrogen and oxygen atoms in total. The summed E-state index contributed by atoms with van der Waals surface area (Å²) in [5.41, 5.74) is 0.103. The highest BCUT2D eigenvalue weighted by atomic mass is 35.5. The van der Waals surface area contributed by atoms with Gasteiger partial charge in [0, 0.05) is 24.0 Å². The molecule has 2 aromatic rings. The standard InChI is InChI=1S/C15H18ClNO/c1-12(6-9-16)7-10-17-11-8-13-4-2-3-5-14(13)15(17)18/h2-5,8,11-12H,6-7,9-10H2,1H3. The third-order valence-corrected chi connectivity index (χ3v) is 3.57. The molecule has 0 fully saturated rings. The zero-order valence-corrected chi connectivity index (χ0v) is 11.4. The number of benzene rings is 1. The number of fused-ring (bicyclic) bond motifs is 1. The van der Waals surface area contributed by atoms with E-state index in [0.717, 1.165) is 30.2 Å². The fourth-order valence-electron chi connectivity index (χ4n) is 2.10. The van der Waals surface area contributed by atoms with Crippen molar-refractivity contribution >= 4 is 22.4 Å². The number of hydrogen-bond acceptors (Lipinski definition) is 1. The summed E-state index contributed by atoms with van der Waals surface area (Å²) in [5.74, 6) is 1.24. The number of hydrogen-bond donors (Lipinski definition) is 0. The number of aryl methyl sites for hydroxylation is 1. The van der Waals surface area contributed by atoms with Gasteiger partial charge >= 0.3 is 0 Å². The van der Waals surface area contributed by atoms with Crippen molar-refractivity contribution < 1.29 is 0 Å². The van der Waals surface area contributed by atoms with Gasteiger partial charge in [-0.25, -0.2) is 0 Å². The summed E-state index contributed by atoms with van der Waals surface area (Å²) >= 11 is 5.72. The van der Waals surface area contributed by atoms with E-state index in [-0.39, 0.29) is 5.56 Å². The first-order valence-corrected chi connectivity index (χ1v) is 6.90. The molecule has 18 heavy (non-hydrogen) atoms. The van der Waals surface area contributed by atoms with Crippen LogP contribution in [0.5, 0.6) is 0 Å². The molecule has 0 aliphatic carbocycles. The molecule has 1 aromatic heterocycles. The van der Waals surface area contributed by atoms with Crippen molar-refractivity contribution in [2.75, 3.05) is 5.88 Å². The van der Waals surface area contributed by atoms with Gasteiger partial charge in [0.05, 0.1) is 0 Å². The lowest BCUT2D eigenvalue weighted by Crippen LogP contribution is -2.20. The van der Waals surface area contributed by atoms with Crippen LogP contribution < -0.4 is 5.56 Å². The molecule has 2 rings (SSSR count). The maximum Gasteiger partial charge on any atom is 0.258 e. The molecule has 1 atom stereocenters. The molecule has 1 aromatic carbocycles. The molecule has 96 valence electrons. The van der Waals surface area contributed by atoms with Gasteiger partial charge in [-0.1, -0.05) is 25.1 Å². The number of nitrogens with zero attached hydrogens (tertiary/aromatic N) is 1. The van der Waals surface area contributed by atoms with Gasteiger partial charge in [-0.2, -0.15) is 0 Å². The molecule has 3 heteroatoms. The second-order valence-electron chi connectivity index (χ2n) is 4.77. The lowest BCUT2D eigenvalue weighted by Gasteiger charge is -2.11. The lowest BCUT2D eigenvalue weighted by atomic mass is 10.1. The molecular formula is C15H18ClNO. The van der Waals surface area contributed by atoms with Gasteiger partial charge in [-0.3, -0.25) is 4.79 Å². The van der Waals surface area contributed by atoms with E-state index in [4.69, 9.17) is 11.6 Å². The van der Waals surface area contributed by atoms with E-state index in [9.17, 15) is 4.79 Å². The molecule has 1 heterocycles. The summed E-state index contributed by atoms with van der Waals surface area (Å²) in [6.45, 7) is 2.94. The van der Waals surface area contributed by atoms with Crippen LogP contribution in [0.3, 0.4) is 0 Å². The lowest BCUT2D eigenvalue weighted by molar-refractivity contribution is 0.466. The molecule has 0 aliphatic rings. The Morgan fingerprint density at radius 2 is 2.00 bits per heavy atom. The fourth-order valence-corrected chi connectivity index (χ4v) is 2.47. The van der Waals surface area contributed by atoms with Crippen LogP contribution in [0, 0.1) is 5.92 Å². The van der Waals surface area contributed by atoms with E-state index in [2.05, 4.69) is 6.92 Å². The van der Waals surface area contributed by atoms with Gasteiger partial charge < -0.3 is 4.57 Å². The number of aromatic nitrogens is 1. The molecule has 1 unspecified atom stereocenters. The summed E-state index contributed by atoms with van der Waals surface area (Å²) in [6.07, 6.45) is 3.88. The van der Waals surface area contributed by atoms with E-state index >= 15 is 0 Å². The van der Waals surface area contributed by atoms with Crippen molar-refractivity contribution in [3.8, 4) is 0 Å². The highest BCUT2D eigenvalue weighted by molar-refractivity contribution is 6.17. The molecule has 0 aliphatic heterocycles. The topological polar surface area (TPSA) is 22.0 Å². The van der Waals surface area contributed by atoms with Gasteiger partial charge in [0.15, 0.2) is 0 Å². The van der Waals surface area contributed by atoms with Crippen LogP contribution in [0.2, 0.25) is 0 Å². The predicted molar refractivity (Wildman–Crippen MR) is 77.3 cm³/mol. The van der Waals surface area contributed by atoms with E-state index in [0.29, 0.717) is 11.8 Å². The number of rotatable bonds is 5. The van der Waals surface area contributed by atoms with Crippen LogP contribution in [-0.4, -0.2) is 10.4 Å². The largest absolute Gasteiger partial charge is 0.315 e. The maximum absolute atomic E-state index is 12.2. The van der Waals surface area contributed by atoms with E-state index in [1.54, 1.807) is 4.57 Å². The van der Waals surface area contributed by atoms with Crippen LogP contribution in [0.4, 0.5) is 0 Å². The van der Waals surface area contributed by atoms with Crippen molar-refractivity contribution in [3.63, 3.8) is 0 Å². The summed E-state index contributed by atoms with van der Waals surface area (Å²) in [7, 11) is 0. The summed E-state index contributed by atoms with van der Waals surface area (Å²) in [4.78, 5) is 12.2. The maximum atomic E-state index is 12.2. The molecule has 0 spiro atoms. The summed E-state index contributed by atoms with van der Waals surface area (Å²) in [5, 5.41) is 1.80. The fraction of sp³-hybridized carbons (Fsp3) is 0.400. The van der Waals surface area contributed by atoms with E-state index < -0.39 is 0 Å². The van der Waals surface area contributed by atoms with Crippen molar-refractivity contribution in [3.05, 3.63) is 46.9 Å². The first-order valence-electron chi connectivity index (χ1n) is 6.36. The second kappa shape index (κ2) is 6.05. The van der Waals surface area contributed by atoms with Crippen LogP contribution in [0.15, 0.2) is 41.3 Å². The quantitative estimate of drug-likeness (QED) is 0.755. The van der Waals surface area contributed by atoms with Crippen molar-refractivity contribution in [2.45, 2.75) is 26.3 Å². The zero-order valence-electron chi connectivity index (χ0n) is 10.6. The minimum Gasteiger partial charge on any atom is -0.315 e. The monoisotopic (exact) mass is 263 g/mol. The minimum atomic E-state index is 0.103. The number of pyridine rings is 1. The second-order valence-corrected chi connectivity index (χ2v) is 5.15. The molecule has 0 N–H and O–H groups in total. The Hall–Kier alpha value is -1.28. The zero-order chi connectivity index (χ0) is 13.0. The number of alkyl halides is 1. The Morgan fingerprint density at radius 3 is 2.78 bits per heavy atom. The van der Waals surface area contributed by atoms with Gasteiger partial charge in [0.1, 0.15) is 0 Å². The first-order chi connectivity index (χ1) is 8.72. The minimum absolute atomic E-state index is 0.103. The van der Waals surface area contributed by atoms with Crippen LogP contribution in [0.1, 0.15) is 19.8 Å². The average molecular weight is 264 g/mol. The normalized spacial score (nSPS) is 12.8. The number of halogens is 1. The Labute approximate surface area is 112 Å². The average Bonchev–Trinajstić information content (AvgIpc) is 2.39. The van der Waals surface area contributed by atoms with Crippen molar-refractivity contribution in [1.82, 2.24) is 4.57 Å². The molecular weight excluding hydrogens is 246 g/mol. The van der Waals surface area contributed by atoms with Crippen molar-refractivity contribution in [1.29, 1.82) is 0 Å². The Bertz CT molecular complexity index is 576. The predicted octanol–water partition coefficient (Wildman–Crippen LogP) is 3.66. The highest BCUT2D eigenvalue weighted by Crippen LogP contribution is 2.11.